The van der Waals surface area contributed by atoms with Crippen molar-refractivity contribution in [2.75, 3.05) is 19.6 Å². The lowest BCUT2D eigenvalue weighted by atomic mass is 9.96. The van der Waals surface area contributed by atoms with Crippen LogP contribution in [-0.4, -0.2) is 30.6 Å². The molecule has 2 atom stereocenters. The summed E-state index contributed by atoms with van der Waals surface area (Å²) < 4.78 is 1.17. The van der Waals surface area contributed by atoms with E-state index in [1.807, 2.05) is 0 Å². The predicted molar refractivity (Wildman–Crippen MR) is 80.8 cm³/mol. The number of rotatable bonds is 3. The van der Waals surface area contributed by atoms with Crippen LogP contribution in [0, 0.1) is 5.92 Å². The summed E-state index contributed by atoms with van der Waals surface area (Å²) in [6, 6.07) is 9.81. The van der Waals surface area contributed by atoms with E-state index in [-0.39, 0.29) is 0 Å². The smallest absolute Gasteiger partial charge is 0.0324 e. The highest BCUT2D eigenvalue weighted by Crippen LogP contribution is 2.27. The van der Waals surface area contributed by atoms with Gasteiger partial charge in [-0.15, -0.1) is 0 Å². The fourth-order valence-corrected chi connectivity index (χ4v) is 3.22. The molecule has 1 aliphatic rings. The van der Waals surface area contributed by atoms with Crippen LogP contribution in [-0.2, 0) is 0 Å². The lowest BCUT2D eigenvalue weighted by Crippen LogP contribution is -2.54. The lowest BCUT2D eigenvalue weighted by Gasteiger charge is -2.42. The number of hydrogen-bond acceptors (Lipinski definition) is 2. The molecule has 1 N–H and O–H groups in total. The summed E-state index contributed by atoms with van der Waals surface area (Å²) in [5.74, 6) is 0.687. The number of hydrogen-bond donors (Lipinski definition) is 1. The Bertz CT molecular complexity index is 392. The molecule has 1 heterocycles. The summed E-state index contributed by atoms with van der Waals surface area (Å²) in [6.45, 7) is 10.3. The SMILES string of the molecule is CC(C)C1CNCCN1C(C)c1cccc(Br)c1. The van der Waals surface area contributed by atoms with Crippen LogP contribution >= 0.6 is 15.9 Å². The molecule has 100 valence electrons. The molecule has 18 heavy (non-hydrogen) atoms. The van der Waals surface area contributed by atoms with Crippen LogP contribution in [0.4, 0.5) is 0 Å². The highest BCUT2D eigenvalue weighted by molar-refractivity contribution is 9.10. The minimum Gasteiger partial charge on any atom is -0.314 e. The molecule has 0 aromatic heterocycles. The third kappa shape index (κ3) is 3.14. The Morgan fingerprint density at radius 1 is 1.33 bits per heavy atom. The standard InChI is InChI=1S/C15H23BrN2/c1-11(2)15-10-17-7-8-18(15)12(3)13-5-4-6-14(16)9-13/h4-6,9,11-12,15,17H,7-8,10H2,1-3H3. The number of benzene rings is 1. The van der Waals surface area contributed by atoms with E-state index in [9.17, 15) is 0 Å². The topological polar surface area (TPSA) is 15.3 Å². The fraction of sp³-hybridized carbons (Fsp3) is 0.600. The van der Waals surface area contributed by atoms with Gasteiger partial charge >= 0.3 is 0 Å². The summed E-state index contributed by atoms with van der Waals surface area (Å²) in [6.07, 6.45) is 0. The van der Waals surface area contributed by atoms with E-state index in [1.165, 1.54) is 10.0 Å². The van der Waals surface area contributed by atoms with Gasteiger partial charge in [0.15, 0.2) is 0 Å². The van der Waals surface area contributed by atoms with Crippen LogP contribution < -0.4 is 5.32 Å². The van der Waals surface area contributed by atoms with Crippen LogP contribution in [0.3, 0.4) is 0 Å². The Labute approximate surface area is 119 Å². The van der Waals surface area contributed by atoms with E-state index in [0.717, 1.165) is 19.6 Å². The molecule has 1 aromatic rings. The van der Waals surface area contributed by atoms with E-state index in [4.69, 9.17) is 0 Å². The predicted octanol–water partition coefficient (Wildman–Crippen LogP) is 3.44. The van der Waals surface area contributed by atoms with Crippen molar-refractivity contribution in [2.45, 2.75) is 32.9 Å². The Morgan fingerprint density at radius 2 is 2.11 bits per heavy atom. The second-order valence-electron chi connectivity index (χ2n) is 5.48. The summed E-state index contributed by atoms with van der Waals surface area (Å²) in [7, 11) is 0. The highest BCUT2D eigenvalue weighted by atomic mass is 79.9. The van der Waals surface area contributed by atoms with Gasteiger partial charge in [0.2, 0.25) is 0 Å². The molecule has 0 radical (unpaired) electrons. The molecule has 0 bridgehead atoms. The van der Waals surface area contributed by atoms with Crippen LogP contribution in [0.1, 0.15) is 32.4 Å². The van der Waals surface area contributed by atoms with E-state index >= 15 is 0 Å². The van der Waals surface area contributed by atoms with Crippen LogP contribution in [0.2, 0.25) is 0 Å². The molecule has 1 fully saturated rings. The van der Waals surface area contributed by atoms with Crippen molar-refractivity contribution < 1.29 is 0 Å². The van der Waals surface area contributed by atoms with Gasteiger partial charge in [-0.1, -0.05) is 41.9 Å². The van der Waals surface area contributed by atoms with Gasteiger partial charge in [0, 0.05) is 36.2 Å². The minimum absolute atomic E-state index is 0.483. The number of piperazine rings is 1. The molecule has 3 heteroatoms. The summed E-state index contributed by atoms with van der Waals surface area (Å²) in [4.78, 5) is 2.64. The Balaban J connectivity index is 2.18. The number of nitrogens with zero attached hydrogens (tertiary/aromatic N) is 1. The molecule has 0 spiro atoms. The molecular weight excluding hydrogens is 288 g/mol. The number of halogens is 1. The highest BCUT2D eigenvalue weighted by Gasteiger charge is 2.29. The average Bonchev–Trinajstić information content (AvgIpc) is 2.38. The van der Waals surface area contributed by atoms with Crippen LogP contribution in [0.5, 0.6) is 0 Å². The van der Waals surface area contributed by atoms with Gasteiger partial charge in [0.1, 0.15) is 0 Å². The van der Waals surface area contributed by atoms with Gasteiger partial charge in [-0.25, -0.2) is 0 Å². The maximum absolute atomic E-state index is 3.57. The first kappa shape index (κ1) is 14.0. The van der Waals surface area contributed by atoms with Crippen molar-refractivity contribution in [3.8, 4) is 0 Å². The zero-order valence-corrected chi connectivity index (χ0v) is 13.1. The monoisotopic (exact) mass is 310 g/mol. The molecule has 2 unspecified atom stereocenters. The average molecular weight is 311 g/mol. The second-order valence-corrected chi connectivity index (χ2v) is 6.40. The van der Waals surface area contributed by atoms with Crippen LogP contribution in [0.15, 0.2) is 28.7 Å². The molecule has 0 saturated carbocycles. The van der Waals surface area contributed by atoms with Crippen molar-refractivity contribution in [3.05, 3.63) is 34.3 Å². The van der Waals surface area contributed by atoms with Gasteiger partial charge < -0.3 is 5.32 Å². The quantitative estimate of drug-likeness (QED) is 0.920. The van der Waals surface area contributed by atoms with Gasteiger partial charge in [0.25, 0.3) is 0 Å². The summed E-state index contributed by atoms with van der Waals surface area (Å²) >= 11 is 3.57. The Morgan fingerprint density at radius 3 is 2.78 bits per heavy atom. The molecule has 0 aliphatic carbocycles. The molecular formula is C15H23BrN2. The first-order valence-electron chi connectivity index (χ1n) is 6.81. The van der Waals surface area contributed by atoms with Crippen molar-refractivity contribution in [2.24, 2.45) is 5.92 Å². The summed E-state index contributed by atoms with van der Waals surface area (Å²) in [5, 5.41) is 3.51. The van der Waals surface area contributed by atoms with Gasteiger partial charge in [0.05, 0.1) is 0 Å². The molecule has 2 nitrogen and oxygen atoms in total. The fourth-order valence-electron chi connectivity index (χ4n) is 2.80. The third-order valence-corrected chi connectivity index (χ3v) is 4.42. The van der Waals surface area contributed by atoms with E-state index in [2.05, 4.69) is 71.2 Å². The van der Waals surface area contributed by atoms with E-state index in [1.54, 1.807) is 0 Å². The van der Waals surface area contributed by atoms with Gasteiger partial charge in [-0.05, 0) is 30.5 Å². The van der Waals surface area contributed by atoms with Gasteiger partial charge in [-0.2, -0.15) is 0 Å². The molecule has 0 amide bonds. The molecule has 1 aromatic carbocycles. The van der Waals surface area contributed by atoms with E-state index < -0.39 is 0 Å². The molecule has 1 aliphatic heterocycles. The summed E-state index contributed by atoms with van der Waals surface area (Å²) in [5.41, 5.74) is 1.40. The van der Waals surface area contributed by atoms with Crippen molar-refractivity contribution >= 4 is 15.9 Å². The van der Waals surface area contributed by atoms with Crippen molar-refractivity contribution in [3.63, 3.8) is 0 Å². The van der Waals surface area contributed by atoms with Crippen molar-refractivity contribution in [1.29, 1.82) is 0 Å². The minimum atomic E-state index is 0.483. The molecule has 2 rings (SSSR count). The zero-order valence-electron chi connectivity index (χ0n) is 11.5. The molecule has 1 saturated heterocycles. The van der Waals surface area contributed by atoms with Gasteiger partial charge in [-0.3, -0.25) is 4.90 Å². The maximum Gasteiger partial charge on any atom is 0.0324 e. The Kier molecular flexibility index (Phi) is 4.82. The largest absolute Gasteiger partial charge is 0.314 e. The maximum atomic E-state index is 3.57. The first-order chi connectivity index (χ1) is 8.59. The normalized spacial score (nSPS) is 23.3. The lowest BCUT2D eigenvalue weighted by molar-refractivity contribution is 0.0843. The zero-order chi connectivity index (χ0) is 13.1. The van der Waals surface area contributed by atoms with Crippen molar-refractivity contribution in [1.82, 2.24) is 10.2 Å². The Hall–Kier alpha value is -0.380. The van der Waals surface area contributed by atoms with E-state index in [0.29, 0.717) is 18.0 Å². The number of nitrogens with one attached hydrogen (secondary N) is 1. The second kappa shape index (κ2) is 6.18. The first-order valence-corrected chi connectivity index (χ1v) is 7.61. The van der Waals surface area contributed by atoms with Crippen LogP contribution in [0.25, 0.3) is 0 Å². The third-order valence-electron chi connectivity index (χ3n) is 3.92.